The van der Waals surface area contributed by atoms with Crippen molar-refractivity contribution in [2.45, 2.75) is 24.9 Å². The third-order valence-corrected chi connectivity index (χ3v) is 4.52. The second-order valence-electron chi connectivity index (χ2n) is 6.38. The van der Waals surface area contributed by atoms with E-state index in [2.05, 4.69) is 20.4 Å². The van der Waals surface area contributed by atoms with Gasteiger partial charge < -0.3 is 19.3 Å². The number of hydrogen-bond acceptors (Lipinski definition) is 7. The molecular weight excluding hydrogens is 336 g/mol. The average Bonchev–Trinajstić information content (AvgIpc) is 3.26. The van der Waals surface area contributed by atoms with E-state index in [0.717, 1.165) is 24.3 Å². The number of benzene rings is 1. The minimum absolute atomic E-state index is 0.00430. The quantitative estimate of drug-likeness (QED) is 0.803. The first-order chi connectivity index (χ1) is 12.6. The SMILES string of the molecule is COCCC(=O)NC1CC(c2nc(-c3ccc(OC)cc3)no2)N(C)C1. The van der Waals surface area contributed by atoms with Crippen LogP contribution in [0.15, 0.2) is 28.8 Å². The van der Waals surface area contributed by atoms with Crippen molar-refractivity contribution < 1.29 is 18.8 Å². The van der Waals surface area contributed by atoms with Crippen LogP contribution in [0.4, 0.5) is 0 Å². The van der Waals surface area contributed by atoms with Gasteiger partial charge in [0.2, 0.25) is 17.6 Å². The Morgan fingerprint density at radius 1 is 1.35 bits per heavy atom. The van der Waals surface area contributed by atoms with E-state index in [1.807, 2.05) is 31.3 Å². The lowest BCUT2D eigenvalue weighted by molar-refractivity contribution is -0.122. The number of likely N-dealkylation sites (N-methyl/N-ethyl adjacent to an activating group) is 1. The minimum Gasteiger partial charge on any atom is -0.497 e. The van der Waals surface area contributed by atoms with E-state index >= 15 is 0 Å². The Kier molecular flexibility index (Phi) is 5.85. The number of aromatic nitrogens is 2. The molecule has 8 heteroatoms. The summed E-state index contributed by atoms with van der Waals surface area (Å²) < 4.78 is 15.6. The zero-order chi connectivity index (χ0) is 18.5. The molecule has 1 saturated heterocycles. The van der Waals surface area contributed by atoms with Gasteiger partial charge in [0.05, 0.1) is 19.8 Å². The summed E-state index contributed by atoms with van der Waals surface area (Å²) in [5, 5.41) is 7.12. The molecule has 8 nitrogen and oxygen atoms in total. The third-order valence-electron chi connectivity index (χ3n) is 4.52. The number of carbonyl (C=O) groups is 1. The smallest absolute Gasteiger partial charge is 0.244 e. The van der Waals surface area contributed by atoms with Crippen LogP contribution in [0.25, 0.3) is 11.4 Å². The maximum atomic E-state index is 11.9. The lowest BCUT2D eigenvalue weighted by Crippen LogP contribution is -2.36. The molecule has 0 saturated carbocycles. The van der Waals surface area contributed by atoms with Gasteiger partial charge in [-0.2, -0.15) is 4.98 Å². The zero-order valence-corrected chi connectivity index (χ0v) is 15.3. The number of ether oxygens (including phenoxy) is 2. The first-order valence-electron chi connectivity index (χ1n) is 8.57. The normalized spacial score (nSPS) is 20.3. The van der Waals surface area contributed by atoms with Gasteiger partial charge in [-0.25, -0.2) is 0 Å². The first-order valence-corrected chi connectivity index (χ1v) is 8.57. The molecule has 2 unspecified atom stereocenters. The summed E-state index contributed by atoms with van der Waals surface area (Å²) in [6, 6.07) is 7.56. The highest BCUT2D eigenvalue weighted by Gasteiger charge is 2.35. The van der Waals surface area contributed by atoms with Crippen LogP contribution < -0.4 is 10.1 Å². The number of nitrogens with zero attached hydrogens (tertiary/aromatic N) is 3. The van der Waals surface area contributed by atoms with Crippen LogP contribution in [-0.4, -0.2) is 61.4 Å². The molecule has 2 heterocycles. The third kappa shape index (κ3) is 4.20. The number of rotatable bonds is 7. The Morgan fingerprint density at radius 3 is 2.81 bits per heavy atom. The van der Waals surface area contributed by atoms with Crippen molar-refractivity contribution in [3.8, 4) is 17.1 Å². The van der Waals surface area contributed by atoms with Crippen molar-refractivity contribution in [3.05, 3.63) is 30.2 Å². The Bertz CT molecular complexity index is 731. The first kappa shape index (κ1) is 18.3. The fourth-order valence-electron chi connectivity index (χ4n) is 3.12. The van der Waals surface area contributed by atoms with Crippen LogP contribution in [0, 0.1) is 0 Å². The molecule has 0 aliphatic carbocycles. The molecule has 1 fully saturated rings. The Morgan fingerprint density at radius 2 is 2.12 bits per heavy atom. The summed E-state index contributed by atoms with van der Waals surface area (Å²) in [4.78, 5) is 18.5. The summed E-state index contributed by atoms with van der Waals surface area (Å²) in [5.74, 6) is 1.88. The highest BCUT2D eigenvalue weighted by atomic mass is 16.5. The fraction of sp³-hybridized carbons (Fsp3) is 0.500. The number of methoxy groups -OCH3 is 2. The van der Waals surface area contributed by atoms with Gasteiger partial charge in [-0.05, 0) is 37.7 Å². The van der Waals surface area contributed by atoms with Crippen molar-refractivity contribution >= 4 is 5.91 Å². The Balaban J connectivity index is 1.64. The van der Waals surface area contributed by atoms with E-state index in [-0.39, 0.29) is 18.0 Å². The van der Waals surface area contributed by atoms with E-state index in [9.17, 15) is 4.79 Å². The van der Waals surface area contributed by atoms with Gasteiger partial charge in [-0.1, -0.05) is 5.16 Å². The lowest BCUT2D eigenvalue weighted by atomic mass is 10.1. The van der Waals surface area contributed by atoms with Crippen LogP contribution in [-0.2, 0) is 9.53 Å². The molecule has 1 aliphatic heterocycles. The van der Waals surface area contributed by atoms with Crippen molar-refractivity contribution in [1.82, 2.24) is 20.4 Å². The van der Waals surface area contributed by atoms with E-state index in [4.69, 9.17) is 14.0 Å². The number of likely N-dealkylation sites (tertiary alicyclic amines) is 1. The fourth-order valence-corrected chi connectivity index (χ4v) is 3.12. The second kappa shape index (κ2) is 8.29. The maximum absolute atomic E-state index is 11.9. The van der Waals surface area contributed by atoms with Gasteiger partial charge in [0.25, 0.3) is 0 Å². The summed E-state index contributed by atoms with van der Waals surface area (Å²) in [6.45, 7) is 1.16. The molecule has 0 bridgehead atoms. The number of amides is 1. The van der Waals surface area contributed by atoms with Crippen LogP contribution in [0.5, 0.6) is 5.75 Å². The topological polar surface area (TPSA) is 89.7 Å². The molecule has 1 aliphatic rings. The van der Waals surface area contributed by atoms with Crippen molar-refractivity contribution in [2.24, 2.45) is 0 Å². The monoisotopic (exact) mass is 360 g/mol. The summed E-state index contributed by atoms with van der Waals surface area (Å²) in [5.41, 5.74) is 0.867. The summed E-state index contributed by atoms with van der Waals surface area (Å²) >= 11 is 0. The Labute approximate surface area is 152 Å². The Hall–Kier alpha value is -2.45. The van der Waals surface area contributed by atoms with E-state index in [1.54, 1.807) is 14.2 Å². The standard InChI is InChI=1S/C18H24N4O4/c1-22-11-13(19-16(23)8-9-24-2)10-15(22)18-20-17(21-26-18)12-4-6-14(25-3)7-5-12/h4-7,13,15H,8-11H2,1-3H3,(H,19,23). The van der Waals surface area contributed by atoms with Gasteiger partial charge in [0, 0.05) is 31.7 Å². The van der Waals surface area contributed by atoms with Gasteiger partial charge in [-0.15, -0.1) is 0 Å². The van der Waals surface area contributed by atoms with Crippen molar-refractivity contribution in [1.29, 1.82) is 0 Å². The molecule has 0 spiro atoms. The van der Waals surface area contributed by atoms with Crippen LogP contribution in [0.1, 0.15) is 24.8 Å². The van der Waals surface area contributed by atoms with Gasteiger partial charge in [-0.3, -0.25) is 9.69 Å². The largest absolute Gasteiger partial charge is 0.497 e. The summed E-state index contributed by atoms with van der Waals surface area (Å²) in [6.07, 6.45) is 1.10. The number of carbonyl (C=O) groups excluding carboxylic acids is 1. The van der Waals surface area contributed by atoms with Crippen LogP contribution in [0.2, 0.25) is 0 Å². The summed E-state index contributed by atoms with van der Waals surface area (Å²) in [7, 11) is 5.20. The molecular formula is C18H24N4O4. The molecule has 1 aromatic carbocycles. The number of hydrogen-bond donors (Lipinski definition) is 1. The molecule has 1 amide bonds. The van der Waals surface area contributed by atoms with Gasteiger partial charge >= 0.3 is 0 Å². The van der Waals surface area contributed by atoms with Crippen molar-refractivity contribution in [2.75, 3.05) is 34.4 Å². The highest BCUT2D eigenvalue weighted by molar-refractivity contribution is 5.76. The molecule has 2 aromatic rings. The molecule has 140 valence electrons. The molecule has 3 rings (SSSR count). The molecule has 0 radical (unpaired) electrons. The highest BCUT2D eigenvalue weighted by Crippen LogP contribution is 2.31. The van der Waals surface area contributed by atoms with Gasteiger partial charge in [0.1, 0.15) is 5.75 Å². The van der Waals surface area contributed by atoms with E-state index in [1.165, 1.54) is 0 Å². The predicted octanol–water partition coefficient (Wildman–Crippen LogP) is 1.64. The number of nitrogens with one attached hydrogen (secondary N) is 1. The van der Waals surface area contributed by atoms with Crippen LogP contribution in [0.3, 0.4) is 0 Å². The average molecular weight is 360 g/mol. The maximum Gasteiger partial charge on any atom is 0.244 e. The molecule has 26 heavy (non-hydrogen) atoms. The van der Waals surface area contributed by atoms with E-state index in [0.29, 0.717) is 24.7 Å². The molecule has 1 N–H and O–H groups in total. The second-order valence-corrected chi connectivity index (χ2v) is 6.38. The predicted molar refractivity (Wildman–Crippen MR) is 94.7 cm³/mol. The van der Waals surface area contributed by atoms with Crippen LogP contribution >= 0.6 is 0 Å². The lowest BCUT2D eigenvalue weighted by Gasteiger charge is -2.14. The zero-order valence-electron chi connectivity index (χ0n) is 15.3. The molecule has 2 atom stereocenters. The van der Waals surface area contributed by atoms with Crippen molar-refractivity contribution in [3.63, 3.8) is 0 Å². The molecule has 1 aromatic heterocycles. The van der Waals surface area contributed by atoms with Gasteiger partial charge in [0.15, 0.2) is 0 Å². The van der Waals surface area contributed by atoms with E-state index < -0.39 is 0 Å². The minimum atomic E-state index is -0.0118.